The molecule has 0 radical (unpaired) electrons. The molecule has 0 N–H and O–H groups in total. The van der Waals surface area contributed by atoms with Crippen LogP contribution in [0.15, 0.2) is 36.1 Å². The summed E-state index contributed by atoms with van der Waals surface area (Å²) in [5.74, 6) is -0.0769. The number of hydrogen-bond acceptors (Lipinski definition) is 5. The zero-order valence-corrected chi connectivity index (χ0v) is 15.6. The molecular formula is C19H22FN5O2. The number of morpholine rings is 1. The third kappa shape index (κ3) is 4.11. The van der Waals surface area contributed by atoms with E-state index in [4.69, 9.17) is 4.74 Å². The molecule has 1 unspecified atom stereocenters. The number of rotatable bonds is 4. The lowest BCUT2D eigenvalue weighted by atomic mass is 10.1. The molecule has 1 aromatic carbocycles. The zero-order valence-electron chi connectivity index (χ0n) is 15.6. The number of carbonyl (C=O) groups excluding carboxylic acids is 1. The molecule has 2 aromatic rings. The summed E-state index contributed by atoms with van der Waals surface area (Å²) in [6.45, 7) is 10.6. The van der Waals surface area contributed by atoms with Crippen molar-refractivity contribution in [1.29, 1.82) is 0 Å². The zero-order chi connectivity index (χ0) is 19.6. The van der Waals surface area contributed by atoms with Gasteiger partial charge in [0, 0.05) is 17.8 Å². The Morgan fingerprint density at radius 2 is 2.19 bits per heavy atom. The highest BCUT2D eigenvalue weighted by molar-refractivity contribution is 5.94. The van der Waals surface area contributed by atoms with Crippen LogP contribution in [0.3, 0.4) is 0 Å². The predicted octanol–water partition coefficient (Wildman–Crippen LogP) is 2.85. The van der Waals surface area contributed by atoms with Crippen molar-refractivity contribution >= 4 is 23.3 Å². The molecule has 0 spiro atoms. The van der Waals surface area contributed by atoms with Crippen LogP contribution in [-0.2, 0) is 4.74 Å². The minimum absolute atomic E-state index is 0.166. The van der Waals surface area contributed by atoms with Crippen molar-refractivity contribution in [1.82, 2.24) is 19.7 Å². The van der Waals surface area contributed by atoms with Gasteiger partial charge in [0.05, 0.1) is 18.8 Å². The molecule has 8 heteroatoms. The van der Waals surface area contributed by atoms with Crippen molar-refractivity contribution in [3.05, 3.63) is 48.0 Å². The third-order valence-electron chi connectivity index (χ3n) is 4.26. The molecule has 2 heterocycles. The van der Waals surface area contributed by atoms with Crippen molar-refractivity contribution < 1.29 is 13.9 Å². The second-order valence-electron chi connectivity index (χ2n) is 6.60. The van der Waals surface area contributed by atoms with E-state index in [1.54, 1.807) is 17.9 Å². The van der Waals surface area contributed by atoms with Crippen LogP contribution >= 0.6 is 0 Å². The quantitative estimate of drug-likeness (QED) is 0.775. The molecule has 142 valence electrons. The van der Waals surface area contributed by atoms with Gasteiger partial charge in [-0.25, -0.2) is 9.38 Å². The fourth-order valence-corrected chi connectivity index (χ4v) is 2.85. The van der Waals surface area contributed by atoms with E-state index in [2.05, 4.69) is 21.7 Å². The summed E-state index contributed by atoms with van der Waals surface area (Å²) in [6.07, 6.45) is 0.969. The molecule has 0 bridgehead atoms. The summed E-state index contributed by atoms with van der Waals surface area (Å²) in [4.78, 5) is 22.9. The predicted molar refractivity (Wildman–Crippen MR) is 101 cm³/mol. The van der Waals surface area contributed by atoms with E-state index in [0.717, 1.165) is 5.71 Å². The SMILES string of the molecule is C=C(C1CN(C(=O)c2ccc(F)c(C)c2)CCO1)n1ncnc1N=C(C)C. The number of amides is 1. The fraction of sp³-hybridized carbons (Fsp3) is 0.368. The standard InChI is InChI=1S/C19H22FN5O2/c1-12(2)23-19-21-11-22-25(19)14(4)17-10-24(7-8-27-17)18(26)15-5-6-16(20)13(3)9-15/h5-6,9,11,17H,4,7-8,10H2,1-3H3. The number of aliphatic imine (C=N–C) groups is 1. The van der Waals surface area contributed by atoms with Crippen molar-refractivity contribution in [2.24, 2.45) is 4.99 Å². The number of ether oxygens (including phenoxy) is 1. The normalized spacial score (nSPS) is 16.9. The molecular weight excluding hydrogens is 349 g/mol. The van der Waals surface area contributed by atoms with E-state index in [9.17, 15) is 9.18 Å². The topological polar surface area (TPSA) is 72.6 Å². The molecule has 1 fully saturated rings. The summed E-state index contributed by atoms with van der Waals surface area (Å²) in [6, 6.07) is 4.37. The smallest absolute Gasteiger partial charge is 0.254 e. The van der Waals surface area contributed by atoms with Gasteiger partial charge in [-0.3, -0.25) is 4.79 Å². The highest BCUT2D eigenvalue weighted by Gasteiger charge is 2.29. The van der Waals surface area contributed by atoms with Crippen molar-refractivity contribution in [2.75, 3.05) is 19.7 Å². The van der Waals surface area contributed by atoms with Crippen molar-refractivity contribution in [3.63, 3.8) is 0 Å². The number of aromatic nitrogens is 3. The van der Waals surface area contributed by atoms with Gasteiger partial charge in [-0.1, -0.05) is 6.58 Å². The molecule has 1 saturated heterocycles. The molecule has 1 amide bonds. The van der Waals surface area contributed by atoms with E-state index in [1.807, 2.05) is 13.8 Å². The van der Waals surface area contributed by atoms with E-state index in [1.165, 1.54) is 23.1 Å². The van der Waals surface area contributed by atoms with E-state index in [-0.39, 0.29) is 11.7 Å². The molecule has 1 atom stereocenters. The Kier molecular flexibility index (Phi) is 5.46. The van der Waals surface area contributed by atoms with Crippen LogP contribution in [0.5, 0.6) is 0 Å². The maximum absolute atomic E-state index is 13.5. The van der Waals surface area contributed by atoms with Gasteiger partial charge in [-0.2, -0.15) is 14.8 Å². The number of hydrogen-bond donors (Lipinski definition) is 0. The van der Waals surface area contributed by atoms with Crippen LogP contribution in [0, 0.1) is 12.7 Å². The summed E-state index contributed by atoms with van der Waals surface area (Å²) >= 11 is 0. The van der Waals surface area contributed by atoms with E-state index >= 15 is 0 Å². The average Bonchev–Trinajstić information content (AvgIpc) is 3.10. The van der Waals surface area contributed by atoms with Gasteiger partial charge in [0.15, 0.2) is 0 Å². The Balaban J connectivity index is 1.77. The first-order valence-corrected chi connectivity index (χ1v) is 8.65. The summed E-state index contributed by atoms with van der Waals surface area (Å²) in [5.41, 5.74) is 2.29. The highest BCUT2D eigenvalue weighted by atomic mass is 19.1. The summed E-state index contributed by atoms with van der Waals surface area (Å²) in [5, 5.41) is 4.17. The van der Waals surface area contributed by atoms with Crippen LogP contribution in [-0.4, -0.2) is 57.1 Å². The Morgan fingerprint density at radius 3 is 2.89 bits per heavy atom. The molecule has 1 aliphatic heterocycles. The van der Waals surface area contributed by atoms with Crippen LogP contribution in [0.1, 0.15) is 29.8 Å². The van der Waals surface area contributed by atoms with Gasteiger partial charge in [0.2, 0.25) is 0 Å². The number of aryl methyl sites for hydroxylation is 1. The lowest BCUT2D eigenvalue weighted by Crippen LogP contribution is -2.46. The van der Waals surface area contributed by atoms with Crippen LogP contribution in [0.25, 0.3) is 5.70 Å². The first-order chi connectivity index (χ1) is 12.9. The van der Waals surface area contributed by atoms with Crippen LogP contribution in [0.4, 0.5) is 10.3 Å². The second kappa shape index (κ2) is 7.79. The molecule has 1 aromatic heterocycles. The molecule has 0 aliphatic carbocycles. The number of halogens is 1. The minimum Gasteiger partial charge on any atom is -0.368 e. The Bertz CT molecular complexity index is 901. The lowest BCUT2D eigenvalue weighted by Gasteiger charge is -2.33. The van der Waals surface area contributed by atoms with Gasteiger partial charge in [0.1, 0.15) is 18.2 Å². The monoisotopic (exact) mass is 371 g/mol. The van der Waals surface area contributed by atoms with Crippen molar-refractivity contribution in [2.45, 2.75) is 26.9 Å². The molecule has 7 nitrogen and oxygen atoms in total. The van der Waals surface area contributed by atoms with Crippen LogP contribution in [0.2, 0.25) is 0 Å². The molecule has 1 aliphatic rings. The number of benzene rings is 1. The first kappa shape index (κ1) is 18.9. The second-order valence-corrected chi connectivity index (χ2v) is 6.60. The van der Waals surface area contributed by atoms with Gasteiger partial charge in [-0.15, -0.1) is 0 Å². The lowest BCUT2D eigenvalue weighted by molar-refractivity contribution is 0.00237. The van der Waals surface area contributed by atoms with Gasteiger partial charge in [0.25, 0.3) is 11.9 Å². The highest BCUT2D eigenvalue weighted by Crippen LogP contribution is 2.22. The fourth-order valence-electron chi connectivity index (χ4n) is 2.85. The van der Waals surface area contributed by atoms with Gasteiger partial charge < -0.3 is 9.64 Å². The number of nitrogens with zero attached hydrogens (tertiary/aromatic N) is 5. The summed E-state index contributed by atoms with van der Waals surface area (Å²) < 4.78 is 20.8. The average molecular weight is 371 g/mol. The van der Waals surface area contributed by atoms with E-state index in [0.29, 0.717) is 42.5 Å². The summed E-state index contributed by atoms with van der Waals surface area (Å²) in [7, 11) is 0. The van der Waals surface area contributed by atoms with Gasteiger partial charge >= 0.3 is 0 Å². The largest absolute Gasteiger partial charge is 0.368 e. The van der Waals surface area contributed by atoms with E-state index < -0.39 is 6.10 Å². The first-order valence-electron chi connectivity index (χ1n) is 8.65. The Morgan fingerprint density at radius 1 is 1.41 bits per heavy atom. The number of carbonyl (C=O) groups is 1. The van der Waals surface area contributed by atoms with Gasteiger partial charge in [-0.05, 0) is 44.5 Å². The third-order valence-corrected chi connectivity index (χ3v) is 4.26. The maximum Gasteiger partial charge on any atom is 0.254 e. The Labute approximate surface area is 157 Å². The molecule has 3 rings (SSSR count). The van der Waals surface area contributed by atoms with Crippen LogP contribution < -0.4 is 0 Å². The minimum atomic E-state index is -0.433. The maximum atomic E-state index is 13.5. The molecule has 27 heavy (non-hydrogen) atoms. The molecule has 0 saturated carbocycles. The Hall–Kier alpha value is -2.87. The van der Waals surface area contributed by atoms with Crippen molar-refractivity contribution in [3.8, 4) is 0 Å².